The first-order valence-electron chi connectivity index (χ1n) is 7.59. The zero-order valence-electron chi connectivity index (χ0n) is 11.9. The number of nitrogens with one attached hydrogen (secondary N) is 2. The Labute approximate surface area is 123 Å². The molecule has 1 saturated carbocycles. The summed E-state index contributed by atoms with van der Waals surface area (Å²) in [6, 6.07) is 3.85. The Bertz CT molecular complexity index is 509. The van der Waals surface area contributed by atoms with Crippen molar-refractivity contribution in [2.45, 2.75) is 25.2 Å². The molecule has 1 heterocycles. The Morgan fingerprint density at radius 2 is 2.10 bits per heavy atom. The van der Waals surface area contributed by atoms with Gasteiger partial charge in [-0.1, -0.05) is 6.07 Å². The smallest absolute Gasteiger partial charge is 0.223 e. The lowest BCUT2D eigenvalue weighted by Gasteiger charge is -2.09. The first-order chi connectivity index (χ1) is 10.2. The SMILES string of the molecule is O=C(NCCC1CCNC1)C1CC1c1c(F)cccc1F. The van der Waals surface area contributed by atoms with Gasteiger partial charge >= 0.3 is 0 Å². The van der Waals surface area contributed by atoms with Crippen molar-refractivity contribution in [3.8, 4) is 0 Å². The molecule has 3 rings (SSSR count). The molecule has 21 heavy (non-hydrogen) atoms. The molecule has 1 aromatic carbocycles. The summed E-state index contributed by atoms with van der Waals surface area (Å²) in [6.07, 6.45) is 2.65. The van der Waals surface area contributed by atoms with Crippen molar-refractivity contribution in [2.24, 2.45) is 11.8 Å². The largest absolute Gasteiger partial charge is 0.356 e. The molecule has 3 unspecified atom stereocenters. The average Bonchev–Trinajstić information content (AvgIpc) is 3.05. The normalized spacial score (nSPS) is 27.6. The van der Waals surface area contributed by atoms with E-state index in [0.29, 0.717) is 18.9 Å². The van der Waals surface area contributed by atoms with Gasteiger partial charge in [-0.05, 0) is 50.4 Å². The highest BCUT2D eigenvalue weighted by Crippen LogP contribution is 2.49. The van der Waals surface area contributed by atoms with Gasteiger partial charge in [0.1, 0.15) is 11.6 Å². The highest BCUT2D eigenvalue weighted by molar-refractivity contribution is 5.82. The first kappa shape index (κ1) is 14.4. The number of carbonyl (C=O) groups is 1. The highest BCUT2D eigenvalue weighted by atomic mass is 19.1. The summed E-state index contributed by atoms with van der Waals surface area (Å²) in [5.41, 5.74) is 0.0673. The lowest BCUT2D eigenvalue weighted by Crippen LogP contribution is -2.28. The summed E-state index contributed by atoms with van der Waals surface area (Å²) >= 11 is 0. The summed E-state index contributed by atoms with van der Waals surface area (Å²) in [4.78, 5) is 12.0. The van der Waals surface area contributed by atoms with Crippen LogP contribution in [0.2, 0.25) is 0 Å². The fourth-order valence-electron chi connectivity index (χ4n) is 3.16. The van der Waals surface area contributed by atoms with E-state index < -0.39 is 11.6 Å². The van der Waals surface area contributed by atoms with E-state index in [2.05, 4.69) is 10.6 Å². The molecule has 1 aliphatic carbocycles. The van der Waals surface area contributed by atoms with Crippen LogP contribution >= 0.6 is 0 Å². The van der Waals surface area contributed by atoms with Gasteiger partial charge in [-0.3, -0.25) is 4.79 Å². The molecule has 2 fully saturated rings. The van der Waals surface area contributed by atoms with Crippen LogP contribution in [0, 0.1) is 23.5 Å². The number of hydrogen-bond donors (Lipinski definition) is 2. The zero-order valence-corrected chi connectivity index (χ0v) is 11.9. The standard InChI is InChI=1S/C16H20F2N2O/c17-13-2-1-3-14(18)15(13)11-8-12(11)16(21)20-7-5-10-4-6-19-9-10/h1-3,10-12,19H,4-9H2,(H,20,21). The summed E-state index contributed by atoms with van der Waals surface area (Å²) < 4.78 is 27.3. The van der Waals surface area contributed by atoms with Crippen LogP contribution in [0.1, 0.15) is 30.7 Å². The maximum absolute atomic E-state index is 13.7. The van der Waals surface area contributed by atoms with Crippen LogP contribution < -0.4 is 10.6 Å². The third-order valence-electron chi connectivity index (χ3n) is 4.51. The molecule has 114 valence electrons. The van der Waals surface area contributed by atoms with Crippen molar-refractivity contribution in [1.82, 2.24) is 10.6 Å². The number of rotatable bonds is 5. The van der Waals surface area contributed by atoms with Crippen LogP contribution in [0.4, 0.5) is 8.78 Å². The van der Waals surface area contributed by atoms with E-state index in [-0.39, 0.29) is 23.3 Å². The first-order valence-corrected chi connectivity index (χ1v) is 7.59. The number of hydrogen-bond acceptors (Lipinski definition) is 2. The van der Waals surface area contributed by atoms with Crippen molar-refractivity contribution >= 4 is 5.91 Å². The lowest BCUT2D eigenvalue weighted by molar-refractivity contribution is -0.122. The fourth-order valence-corrected chi connectivity index (χ4v) is 3.16. The summed E-state index contributed by atoms with van der Waals surface area (Å²) in [7, 11) is 0. The van der Waals surface area contributed by atoms with Gasteiger partial charge in [0.25, 0.3) is 0 Å². The quantitative estimate of drug-likeness (QED) is 0.874. The minimum absolute atomic E-state index is 0.0673. The minimum Gasteiger partial charge on any atom is -0.356 e. The highest BCUT2D eigenvalue weighted by Gasteiger charge is 2.46. The Kier molecular flexibility index (Phi) is 4.19. The van der Waals surface area contributed by atoms with E-state index in [9.17, 15) is 13.6 Å². The molecular weight excluding hydrogens is 274 g/mol. The lowest BCUT2D eigenvalue weighted by atomic mass is 10.1. The van der Waals surface area contributed by atoms with Crippen molar-refractivity contribution in [3.63, 3.8) is 0 Å². The van der Waals surface area contributed by atoms with Crippen molar-refractivity contribution in [2.75, 3.05) is 19.6 Å². The van der Waals surface area contributed by atoms with Crippen LogP contribution in [0.15, 0.2) is 18.2 Å². The van der Waals surface area contributed by atoms with Gasteiger partial charge < -0.3 is 10.6 Å². The molecule has 3 nitrogen and oxygen atoms in total. The molecule has 1 aromatic rings. The van der Waals surface area contributed by atoms with Crippen molar-refractivity contribution in [3.05, 3.63) is 35.4 Å². The molecule has 0 aromatic heterocycles. The molecule has 2 aliphatic rings. The van der Waals surface area contributed by atoms with Gasteiger partial charge in [-0.2, -0.15) is 0 Å². The third-order valence-corrected chi connectivity index (χ3v) is 4.51. The van der Waals surface area contributed by atoms with E-state index in [4.69, 9.17) is 0 Å². The van der Waals surface area contributed by atoms with Gasteiger partial charge in [0.2, 0.25) is 5.91 Å². The molecule has 1 amide bonds. The van der Waals surface area contributed by atoms with E-state index >= 15 is 0 Å². The van der Waals surface area contributed by atoms with Crippen LogP contribution in [0.25, 0.3) is 0 Å². The molecule has 0 bridgehead atoms. The van der Waals surface area contributed by atoms with Crippen molar-refractivity contribution < 1.29 is 13.6 Å². The Morgan fingerprint density at radius 1 is 1.33 bits per heavy atom. The molecule has 0 spiro atoms. The Hall–Kier alpha value is -1.49. The molecular formula is C16H20F2N2O. The topological polar surface area (TPSA) is 41.1 Å². The molecule has 3 atom stereocenters. The molecule has 1 aliphatic heterocycles. The van der Waals surface area contributed by atoms with E-state index in [1.54, 1.807) is 0 Å². The second kappa shape index (κ2) is 6.10. The van der Waals surface area contributed by atoms with E-state index in [1.807, 2.05) is 0 Å². The second-order valence-corrected chi connectivity index (χ2v) is 6.02. The zero-order chi connectivity index (χ0) is 14.8. The van der Waals surface area contributed by atoms with Gasteiger partial charge in [0.15, 0.2) is 0 Å². The van der Waals surface area contributed by atoms with Crippen molar-refractivity contribution in [1.29, 1.82) is 0 Å². The maximum Gasteiger partial charge on any atom is 0.223 e. The van der Waals surface area contributed by atoms with Crippen LogP contribution in [-0.2, 0) is 4.79 Å². The summed E-state index contributed by atoms with van der Waals surface area (Å²) in [6.45, 7) is 2.71. The second-order valence-electron chi connectivity index (χ2n) is 6.02. The van der Waals surface area contributed by atoms with E-state index in [0.717, 1.165) is 25.9 Å². The van der Waals surface area contributed by atoms with Crippen LogP contribution in [0.5, 0.6) is 0 Å². The Morgan fingerprint density at radius 3 is 2.76 bits per heavy atom. The predicted molar refractivity (Wildman–Crippen MR) is 75.8 cm³/mol. The van der Waals surface area contributed by atoms with Gasteiger partial charge in [-0.15, -0.1) is 0 Å². The Balaban J connectivity index is 1.49. The predicted octanol–water partition coefficient (Wildman–Crippen LogP) is 2.18. The average molecular weight is 294 g/mol. The molecule has 5 heteroatoms. The fraction of sp³-hybridized carbons (Fsp3) is 0.562. The number of carbonyl (C=O) groups excluding carboxylic acids is 1. The monoisotopic (exact) mass is 294 g/mol. The number of halogens is 2. The summed E-state index contributed by atoms with van der Waals surface area (Å²) in [5.74, 6) is -1.13. The van der Waals surface area contributed by atoms with Crippen LogP contribution in [-0.4, -0.2) is 25.5 Å². The van der Waals surface area contributed by atoms with Crippen LogP contribution in [0.3, 0.4) is 0 Å². The number of benzene rings is 1. The van der Waals surface area contributed by atoms with Gasteiger partial charge in [-0.25, -0.2) is 8.78 Å². The minimum atomic E-state index is -0.549. The molecule has 2 N–H and O–H groups in total. The van der Waals surface area contributed by atoms with Gasteiger partial charge in [0.05, 0.1) is 0 Å². The molecule has 0 radical (unpaired) electrons. The summed E-state index contributed by atoms with van der Waals surface area (Å²) in [5, 5.41) is 6.19. The van der Waals surface area contributed by atoms with E-state index in [1.165, 1.54) is 18.2 Å². The third kappa shape index (κ3) is 3.23. The molecule has 1 saturated heterocycles. The maximum atomic E-state index is 13.7. The van der Waals surface area contributed by atoms with Gasteiger partial charge in [0, 0.05) is 23.9 Å². The number of amides is 1.